The predicted molar refractivity (Wildman–Crippen MR) is 107 cm³/mol. The minimum atomic E-state index is -0.676. The molecule has 0 aliphatic carbocycles. The Morgan fingerprint density at radius 2 is 1.90 bits per heavy atom. The van der Waals surface area contributed by atoms with Gasteiger partial charge >= 0.3 is 0 Å². The van der Waals surface area contributed by atoms with Crippen LogP contribution in [0.2, 0.25) is 0 Å². The van der Waals surface area contributed by atoms with Crippen molar-refractivity contribution in [3.05, 3.63) is 29.1 Å². The van der Waals surface area contributed by atoms with Crippen molar-refractivity contribution in [3.8, 4) is 0 Å². The largest absolute Gasteiger partial charge is 0.369 e. The van der Waals surface area contributed by atoms with Gasteiger partial charge in [-0.1, -0.05) is 20.3 Å². The first-order valence-electron chi connectivity index (χ1n) is 10.6. The van der Waals surface area contributed by atoms with E-state index in [9.17, 15) is 18.8 Å². The van der Waals surface area contributed by atoms with Crippen molar-refractivity contribution in [2.24, 2.45) is 11.8 Å². The van der Waals surface area contributed by atoms with Gasteiger partial charge in [0, 0.05) is 31.6 Å². The van der Waals surface area contributed by atoms with E-state index in [-0.39, 0.29) is 30.6 Å². The second-order valence-electron chi connectivity index (χ2n) is 8.57. The molecule has 1 aromatic rings. The van der Waals surface area contributed by atoms with Crippen molar-refractivity contribution in [1.29, 1.82) is 0 Å². The van der Waals surface area contributed by atoms with Crippen molar-refractivity contribution in [2.45, 2.75) is 58.5 Å². The lowest BCUT2D eigenvalue weighted by atomic mass is 9.84. The average Bonchev–Trinajstić information content (AvgIpc) is 3.02. The maximum Gasteiger partial charge on any atom is 0.255 e. The van der Waals surface area contributed by atoms with Crippen molar-refractivity contribution in [3.63, 3.8) is 0 Å². The highest BCUT2D eigenvalue weighted by Crippen LogP contribution is 2.35. The van der Waals surface area contributed by atoms with Crippen molar-refractivity contribution >= 4 is 23.4 Å². The zero-order chi connectivity index (χ0) is 20.7. The molecule has 0 radical (unpaired) electrons. The van der Waals surface area contributed by atoms with E-state index in [1.165, 1.54) is 11.0 Å². The topological polar surface area (TPSA) is 69.7 Å². The molecule has 2 fully saturated rings. The number of benzene rings is 1. The Bertz CT molecular complexity index is 848. The Morgan fingerprint density at radius 3 is 2.55 bits per heavy atom. The highest BCUT2D eigenvalue weighted by molar-refractivity contribution is 6.05. The number of rotatable bonds is 4. The summed E-state index contributed by atoms with van der Waals surface area (Å²) in [6, 6.07) is 2.42. The minimum Gasteiger partial charge on any atom is -0.369 e. The number of amides is 3. The van der Waals surface area contributed by atoms with Crippen molar-refractivity contribution < 1.29 is 18.8 Å². The van der Waals surface area contributed by atoms with Crippen LogP contribution in [-0.4, -0.2) is 41.8 Å². The number of carbonyl (C=O) groups excluding carboxylic acids is 3. The van der Waals surface area contributed by atoms with Crippen LogP contribution in [0.4, 0.5) is 10.1 Å². The fourth-order valence-electron chi connectivity index (χ4n) is 4.86. The summed E-state index contributed by atoms with van der Waals surface area (Å²) in [7, 11) is 0. The normalized spacial score (nSPS) is 24.0. The summed E-state index contributed by atoms with van der Waals surface area (Å²) < 4.78 is 14.9. The second-order valence-corrected chi connectivity index (χ2v) is 8.57. The van der Waals surface area contributed by atoms with Crippen LogP contribution >= 0.6 is 0 Å². The third-order valence-electron chi connectivity index (χ3n) is 6.92. The van der Waals surface area contributed by atoms with E-state index in [0.717, 1.165) is 37.9 Å². The molecule has 0 saturated carbocycles. The zero-order valence-corrected chi connectivity index (χ0v) is 17.0. The van der Waals surface area contributed by atoms with Gasteiger partial charge in [-0.3, -0.25) is 19.7 Å². The average molecular weight is 401 g/mol. The smallest absolute Gasteiger partial charge is 0.255 e. The summed E-state index contributed by atoms with van der Waals surface area (Å²) in [5.41, 5.74) is 1.62. The molecule has 156 valence electrons. The van der Waals surface area contributed by atoms with Crippen LogP contribution in [0.15, 0.2) is 12.1 Å². The Morgan fingerprint density at radius 1 is 1.17 bits per heavy atom. The Hall–Kier alpha value is -2.44. The Kier molecular flexibility index (Phi) is 5.32. The fraction of sp³-hybridized carbons (Fsp3) is 0.591. The maximum absolute atomic E-state index is 14.9. The van der Waals surface area contributed by atoms with Gasteiger partial charge in [0.15, 0.2) is 0 Å². The summed E-state index contributed by atoms with van der Waals surface area (Å²) in [6.45, 7) is 6.40. The van der Waals surface area contributed by atoms with Crippen LogP contribution in [-0.2, 0) is 16.1 Å². The second kappa shape index (κ2) is 7.76. The van der Waals surface area contributed by atoms with Gasteiger partial charge in [0.1, 0.15) is 11.9 Å². The summed E-state index contributed by atoms with van der Waals surface area (Å²) in [6.07, 6.45) is 3.78. The molecule has 0 spiro atoms. The zero-order valence-electron chi connectivity index (χ0n) is 17.0. The number of halogens is 1. The van der Waals surface area contributed by atoms with Crippen LogP contribution in [0, 0.1) is 17.7 Å². The standard InChI is InChI=1S/C22H28FN3O3/c1-3-13(2)14-6-8-25(9-7-14)19-10-15-12-26(22(29)16(15)11-17(19)23)18-4-5-20(27)24-21(18)28/h10-11,13-14,18H,3-9,12H2,1-2H3,(H,24,27,28). The first kappa shape index (κ1) is 19.9. The summed E-state index contributed by atoms with van der Waals surface area (Å²) in [5.74, 6) is -0.126. The van der Waals surface area contributed by atoms with Crippen LogP contribution in [0.25, 0.3) is 0 Å². The van der Waals surface area contributed by atoms with Gasteiger partial charge in [0.25, 0.3) is 5.91 Å². The number of hydrogen-bond donors (Lipinski definition) is 1. The van der Waals surface area contributed by atoms with E-state index in [1.807, 2.05) is 0 Å². The molecule has 2 unspecified atom stereocenters. The van der Waals surface area contributed by atoms with E-state index >= 15 is 0 Å². The third kappa shape index (κ3) is 3.63. The SMILES string of the molecule is CCC(C)C1CCN(c2cc3c(cc2F)C(=O)N(C2CCC(=O)NC2=O)C3)CC1. The molecule has 1 aromatic carbocycles. The van der Waals surface area contributed by atoms with Gasteiger partial charge in [-0.25, -0.2) is 4.39 Å². The van der Waals surface area contributed by atoms with Crippen LogP contribution < -0.4 is 10.2 Å². The summed E-state index contributed by atoms with van der Waals surface area (Å²) in [4.78, 5) is 39.9. The molecule has 4 rings (SSSR count). The lowest BCUT2D eigenvalue weighted by Crippen LogP contribution is -2.52. The summed E-state index contributed by atoms with van der Waals surface area (Å²) in [5, 5.41) is 2.29. The molecular weight excluding hydrogens is 373 g/mol. The fourth-order valence-corrected chi connectivity index (χ4v) is 4.86. The summed E-state index contributed by atoms with van der Waals surface area (Å²) >= 11 is 0. The molecule has 0 aromatic heterocycles. The molecule has 6 nitrogen and oxygen atoms in total. The predicted octanol–water partition coefficient (Wildman–Crippen LogP) is 2.85. The number of fused-ring (bicyclic) bond motifs is 1. The number of hydrogen-bond acceptors (Lipinski definition) is 4. The number of anilines is 1. The molecule has 2 atom stereocenters. The monoisotopic (exact) mass is 401 g/mol. The first-order valence-corrected chi connectivity index (χ1v) is 10.6. The van der Waals surface area contributed by atoms with Gasteiger partial charge in [-0.05, 0) is 48.8 Å². The van der Waals surface area contributed by atoms with Gasteiger partial charge in [-0.15, -0.1) is 0 Å². The minimum absolute atomic E-state index is 0.210. The highest BCUT2D eigenvalue weighted by atomic mass is 19.1. The van der Waals surface area contributed by atoms with Gasteiger partial charge in [-0.2, -0.15) is 0 Å². The molecule has 3 aliphatic heterocycles. The molecule has 3 amide bonds. The van der Waals surface area contributed by atoms with Crippen LogP contribution in [0.1, 0.15) is 61.9 Å². The number of nitrogens with zero attached hydrogens (tertiary/aromatic N) is 2. The maximum atomic E-state index is 14.9. The Labute approximate surface area is 170 Å². The number of imide groups is 1. The molecule has 0 bridgehead atoms. The first-order chi connectivity index (χ1) is 13.9. The third-order valence-corrected chi connectivity index (χ3v) is 6.92. The quantitative estimate of drug-likeness (QED) is 0.788. The van der Waals surface area contributed by atoms with Crippen LogP contribution in [0.3, 0.4) is 0 Å². The lowest BCUT2D eigenvalue weighted by molar-refractivity contribution is -0.136. The van der Waals surface area contributed by atoms with Gasteiger partial charge in [0.2, 0.25) is 11.8 Å². The molecule has 7 heteroatoms. The van der Waals surface area contributed by atoms with Crippen LogP contribution in [0.5, 0.6) is 0 Å². The molecule has 3 heterocycles. The lowest BCUT2D eigenvalue weighted by Gasteiger charge is -2.36. The van der Waals surface area contributed by atoms with E-state index in [0.29, 0.717) is 29.5 Å². The van der Waals surface area contributed by atoms with E-state index in [4.69, 9.17) is 0 Å². The number of piperidine rings is 2. The molecule has 3 aliphatic rings. The molecule has 1 N–H and O–H groups in total. The number of carbonyl (C=O) groups is 3. The van der Waals surface area contributed by atoms with E-state index < -0.39 is 11.9 Å². The number of nitrogens with one attached hydrogen (secondary N) is 1. The van der Waals surface area contributed by atoms with E-state index in [1.54, 1.807) is 6.07 Å². The van der Waals surface area contributed by atoms with Crippen molar-refractivity contribution in [2.75, 3.05) is 18.0 Å². The highest BCUT2D eigenvalue weighted by Gasteiger charge is 2.40. The molecule has 29 heavy (non-hydrogen) atoms. The molecular formula is C22H28FN3O3. The molecule has 2 saturated heterocycles. The van der Waals surface area contributed by atoms with Gasteiger partial charge in [0.05, 0.1) is 5.69 Å². The van der Waals surface area contributed by atoms with Gasteiger partial charge < -0.3 is 9.80 Å². The van der Waals surface area contributed by atoms with Crippen molar-refractivity contribution in [1.82, 2.24) is 10.2 Å². The van der Waals surface area contributed by atoms with E-state index in [2.05, 4.69) is 24.1 Å². The Balaban J connectivity index is 1.51.